The van der Waals surface area contributed by atoms with Gasteiger partial charge in [0.15, 0.2) is 0 Å². The summed E-state index contributed by atoms with van der Waals surface area (Å²) in [5.41, 5.74) is 9.46. The molecule has 0 N–H and O–H groups in total. The highest BCUT2D eigenvalue weighted by Crippen LogP contribution is 2.45. The lowest BCUT2D eigenvalue weighted by molar-refractivity contribution is 1.03. The second kappa shape index (κ2) is 9.81. The quantitative estimate of drug-likeness (QED) is 0.199. The van der Waals surface area contributed by atoms with E-state index in [1.165, 1.54) is 59.8 Å². The molecule has 192 valence electrons. The maximum atomic E-state index is 4.55. The SMILES string of the molecule is C=Cc1c(C=C)c(-c2cc3c4c(ccc5cccc2c54)=CCC3)c2ccccc2c1C(=C)/C=C\C1=CCCC=C1. The predicted octanol–water partition coefficient (Wildman–Crippen LogP) is 10.4. The van der Waals surface area contributed by atoms with Gasteiger partial charge in [-0.3, -0.25) is 0 Å². The summed E-state index contributed by atoms with van der Waals surface area (Å²) in [6.07, 6.45) is 21.8. The van der Waals surface area contributed by atoms with Crippen molar-refractivity contribution in [1.82, 2.24) is 0 Å². The average Bonchev–Trinajstić information content (AvgIpc) is 3.01. The Morgan fingerprint density at radius 3 is 2.38 bits per heavy atom. The van der Waals surface area contributed by atoms with Crippen LogP contribution in [0.1, 0.15) is 41.5 Å². The number of benzene rings is 5. The van der Waals surface area contributed by atoms with E-state index < -0.39 is 0 Å². The monoisotopic (exact) mass is 512 g/mol. The van der Waals surface area contributed by atoms with Crippen LogP contribution in [0.2, 0.25) is 0 Å². The van der Waals surface area contributed by atoms with Gasteiger partial charge in [0.2, 0.25) is 0 Å². The minimum atomic E-state index is 0.979. The van der Waals surface area contributed by atoms with Gasteiger partial charge in [-0.25, -0.2) is 0 Å². The van der Waals surface area contributed by atoms with E-state index in [9.17, 15) is 0 Å². The molecule has 5 aromatic rings. The average molecular weight is 513 g/mol. The van der Waals surface area contributed by atoms with Crippen molar-refractivity contribution < 1.29 is 0 Å². The highest BCUT2D eigenvalue weighted by atomic mass is 14.2. The van der Waals surface area contributed by atoms with Crippen molar-refractivity contribution in [2.24, 2.45) is 0 Å². The van der Waals surface area contributed by atoms with Gasteiger partial charge in [0, 0.05) is 0 Å². The molecule has 0 aliphatic heterocycles. The number of hydrogen-bond acceptors (Lipinski definition) is 0. The van der Waals surface area contributed by atoms with E-state index in [0.29, 0.717) is 0 Å². The van der Waals surface area contributed by atoms with Crippen LogP contribution >= 0.6 is 0 Å². The van der Waals surface area contributed by atoms with E-state index in [0.717, 1.165) is 47.9 Å². The van der Waals surface area contributed by atoms with Crippen LogP contribution in [-0.2, 0) is 6.42 Å². The molecule has 2 aliphatic rings. The molecule has 7 rings (SSSR count). The summed E-state index contributed by atoms with van der Waals surface area (Å²) in [6.45, 7) is 13.2. The minimum absolute atomic E-state index is 0.979. The fourth-order valence-corrected chi connectivity index (χ4v) is 6.82. The largest absolute Gasteiger partial charge is 0.0984 e. The Morgan fingerprint density at radius 2 is 1.57 bits per heavy atom. The fourth-order valence-electron chi connectivity index (χ4n) is 6.82. The van der Waals surface area contributed by atoms with Crippen molar-refractivity contribution in [3.05, 3.63) is 144 Å². The van der Waals surface area contributed by atoms with Crippen LogP contribution in [0.25, 0.3) is 67.2 Å². The zero-order chi connectivity index (χ0) is 27.2. The molecule has 5 aromatic carbocycles. The third kappa shape index (κ3) is 3.75. The van der Waals surface area contributed by atoms with Crippen molar-refractivity contribution >= 4 is 56.1 Å². The molecular weight excluding hydrogens is 480 g/mol. The Balaban J connectivity index is 1.55. The molecule has 0 atom stereocenters. The summed E-state index contributed by atoms with van der Waals surface area (Å²) in [6, 6.07) is 22.5. The molecular formula is C40H32. The summed E-state index contributed by atoms with van der Waals surface area (Å²) < 4.78 is 0. The number of aryl methyl sites for hydroxylation is 1. The maximum Gasteiger partial charge on any atom is -0.00202 e. The fraction of sp³-hybridized carbons (Fsp3) is 0.100. The van der Waals surface area contributed by atoms with Crippen molar-refractivity contribution in [3.8, 4) is 11.1 Å². The number of allylic oxidation sites excluding steroid dienone is 7. The normalized spacial score (nSPS) is 14.6. The number of hydrogen-bond donors (Lipinski definition) is 0. The van der Waals surface area contributed by atoms with Gasteiger partial charge in [-0.15, -0.1) is 0 Å². The molecule has 0 unspecified atom stereocenters. The van der Waals surface area contributed by atoms with Gasteiger partial charge in [-0.1, -0.05) is 123 Å². The Bertz CT molecular complexity index is 2040. The highest BCUT2D eigenvalue weighted by molar-refractivity contribution is 6.20. The van der Waals surface area contributed by atoms with Gasteiger partial charge in [0.05, 0.1) is 0 Å². The molecule has 0 aromatic heterocycles. The maximum absolute atomic E-state index is 4.55. The van der Waals surface area contributed by atoms with Crippen LogP contribution < -0.4 is 5.22 Å². The third-order valence-electron chi connectivity index (χ3n) is 8.58. The molecule has 0 bridgehead atoms. The first-order valence-corrected chi connectivity index (χ1v) is 14.2. The summed E-state index contributed by atoms with van der Waals surface area (Å²) in [4.78, 5) is 0. The zero-order valence-electron chi connectivity index (χ0n) is 22.8. The van der Waals surface area contributed by atoms with Gasteiger partial charge in [-0.05, 0) is 114 Å². The van der Waals surface area contributed by atoms with Gasteiger partial charge in [0.1, 0.15) is 0 Å². The van der Waals surface area contributed by atoms with Crippen molar-refractivity contribution in [2.45, 2.75) is 25.7 Å². The van der Waals surface area contributed by atoms with E-state index in [1.807, 2.05) is 12.2 Å². The molecule has 40 heavy (non-hydrogen) atoms. The first-order valence-electron chi connectivity index (χ1n) is 14.2. The molecule has 2 aliphatic carbocycles. The molecule has 0 fully saturated rings. The van der Waals surface area contributed by atoms with E-state index in [4.69, 9.17) is 0 Å². The number of fused-ring (bicyclic) bond motifs is 1. The van der Waals surface area contributed by atoms with E-state index in [2.05, 4.69) is 117 Å². The Hall–Kier alpha value is -4.68. The van der Waals surface area contributed by atoms with Crippen LogP contribution in [0.4, 0.5) is 0 Å². The first-order chi connectivity index (χ1) is 19.7. The van der Waals surface area contributed by atoms with Crippen LogP contribution in [0.3, 0.4) is 0 Å². The lowest BCUT2D eigenvalue weighted by atomic mass is 9.80. The summed E-state index contributed by atoms with van der Waals surface area (Å²) >= 11 is 0. The Kier molecular flexibility index (Phi) is 5.98. The summed E-state index contributed by atoms with van der Waals surface area (Å²) in [5, 5.41) is 9.14. The van der Waals surface area contributed by atoms with Crippen LogP contribution in [0, 0.1) is 0 Å². The second-order valence-corrected chi connectivity index (χ2v) is 10.8. The smallest absolute Gasteiger partial charge is 0.00202 e. The van der Waals surface area contributed by atoms with Gasteiger partial charge in [0.25, 0.3) is 0 Å². The molecule has 0 saturated heterocycles. The van der Waals surface area contributed by atoms with E-state index in [-0.39, 0.29) is 0 Å². The molecule has 0 saturated carbocycles. The topological polar surface area (TPSA) is 0 Å². The van der Waals surface area contributed by atoms with Crippen LogP contribution in [-0.4, -0.2) is 0 Å². The third-order valence-corrected chi connectivity index (χ3v) is 8.58. The zero-order valence-corrected chi connectivity index (χ0v) is 22.8. The van der Waals surface area contributed by atoms with E-state index >= 15 is 0 Å². The Morgan fingerprint density at radius 1 is 0.750 bits per heavy atom. The summed E-state index contributed by atoms with van der Waals surface area (Å²) in [5.74, 6) is 0. The lowest BCUT2D eigenvalue weighted by Gasteiger charge is -2.23. The molecule has 0 heteroatoms. The van der Waals surface area contributed by atoms with Crippen LogP contribution in [0.15, 0.2) is 116 Å². The van der Waals surface area contributed by atoms with E-state index in [1.54, 1.807) is 0 Å². The number of rotatable bonds is 6. The lowest BCUT2D eigenvalue weighted by Crippen LogP contribution is -2.10. The van der Waals surface area contributed by atoms with Crippen molar-refractivity contribution in [2.75, 3.05) is 0 Å². The molecule has 0 amide bonds. The minimum Gasteiger partial charge on any atom is -0.0984 e. The second-order valence-electron chi connectivity index (χ2n) is 10.8. The highest BCUT2D eigenvalue weighted by Gasteiger charge is 2.22. The molecule has 0 spiro atoms. The van der Waals surface area contributed by atoms with Crippen molar-refractivity contribution in [1.29, 1.82) is 0 Å². The molecule has 0 heterocycles. The van der Waals surface area contributed by atoms with Crippen LogP contribution in [0.5, 0.6) is 0 Å². The molecule has 0 nitrogen and oxygen atoms in total. The standard InChI is InChI=1S/C40H32/c1-4-31-32(5-2)40(34-19-10-9-18-33(34)37(31)26(3)21-22-27-13-7-6-8-14-27)36-25-30-17-11-15-28-23-24-29-16-12-20-35(36)39(29)38(28)30/h4-5,7,9-10,12-16,18-25H,1-3,6,8,11,17H2/b22-21-. The van der Waals surface area contributed by atoms with Gasteiger partial charge < -0.3 is 0 Å². The first kappa shape index (κ1) is 24.4. The predicted molar refractivity (Wildman–Crippen MR) is 177 cm³/mol. The molecule has 0 radical (unpaired) electrons. The van der Waals surface area contributed by atoms with Gasteiger partial charge >= 0.3 is 0 Å². The Labute approximate surface area is 236 Å². The summed E-state index contributed by atoms with van der Waals surface area (Å²) in [7, 11) is 0. The van der Waals surface area contributed by atoms with Gasteiger partial charge in [-0.2, -0.15) is 0 Å². The van der Waals surface area contributed by atoms with Crippen molar-refractivity contribution in [3.63, 3.8) is 0 Å².